The Balaban J connectivity index is 1.49. The number of imidazole rings is 1. The van der Waals surface area contributed by atoms with Crippen LogP contribution < -0.4 is 10.1 Å². The van der Waals surface area contributed by atoms with Crippen molar-refractivity contribution in [2.45, 2.75) is 6.42 Å². The molecule has 0 radical (unpaired) electrons. The number of carbonyl (C=O) groups is 1. The molecule has 0 fully saturated rings. The van der Waals surface area contributed by atoms with Gasteiger partial charge in [0, 0.05) is 12.4 Å². The van der Waals surface area contributed by atoms with Gasteiger partial charge in [-0.2, -0.15) is 0 Å². The number of ether oxygens (including phenoxy) is 1. The van der Waals surface area contributed by atoms with E-state index in [1.807, 2.05) is 54.6 Å². The topological polar surface area (TPSA) is 55.6 Å². The number of carbonyl (C=O) groups excluding carboxylic acids is 1. The summed E-state index contributed by atoms with van der Waals surface area (Å²) in [6.07, 6.45) is 3.71. The highest BCUT2D eigenvalue weighted by Crippen LogP contribution is 2.29. The summed E-state index contributed by atoms with van der Waals surface area (Å²) in [4.78, 5) is 16.9. The molecule has 0 aliphatic heterocycles. The van der Waals surface area contributed by atoms with Crippen LogP contribution in [0.15, 0.2) is 79.1 Å². The number of fused-ring (bicyclic) bond motifs is 1. The first-order valence-corrected chi connectivity index (χ1v) is 8.80. The Hall–Kier alpha value is -3.31. The van der Waals surface area contributed by atoms with Crippen molar-refractivity contribution in [1.82, 2.24) is 9.38 Å². The molecule has 2 aromatic heterocycles. The molecule has 6 heteroatoms. The van der Waals surface area contributed by atoms with E-state index in [2.05, 4.69) is 10.3 Å². The number of para-hydroxylation sites is 3. The van der Waals surface area contributed by atoms with E-state index in [-0.39, 0.29) is 12.3 Å². The zero-order valence-corrected chi connectivity index (χ0v) is 15.1. The van der Waals surface area contributed by atoms with E-state index in [1.165, 1.54) is 0 Å². The molecule has 0 aliphatic rings. The predicted octanol–water partition coefficient (Wildman–Crippen LogP) is 4.96. The van der Waals surface area contributed by atoms with Crippen LogP contribution in [0, 0.1) is 0 Å². The van der Waals surface area contributed by atoms with Crippen LogP contribution in [0.4, 0.5) is 5.69 Å². The largest absolute Gasteiger partial charge is 0.455 e. The molecule has 1 amide bonds. The Labute approximate surface area is 161 Å². The summed E-state index contributed by atoms with van der Waals surface area (Å²) in [5.41, 5.74) is 2.02. The van der Waals surface area contributed by atoms with Crippen LogP contribution >= 0.6 is 11.6 Å². The van der Waals surface area contributed by atoms with E-state index in [4.69, 9.17) is 16.3 Å². The second-order valence-electron chi connectivity index (χ2n) is 5.98. The van der Waals surface area contributed by atoms with Crippen LogP contribution in [0.3, 0.4) is 0 Å². The second kappa shape index (κ2) is 7.51. The van der Waals surface area contributed by atoms with Gasteiger partial charge in [0.05, 0.1) is 22.8 Å². The van der Waals surface area contributed by atoms with E-state index in [1.54, 1.807) is 28.9 Å². The summed E-state index contributed by atoms with van der Waals surface area (Å²) in [5.74, 6) is 1.11. The number of rotatable bonds is 5. The fourth-order valence-electron chi connectivity index (χ4n) is 2.74. The summed E-state index contributed by atoms with van der Waals surface area (Å²) < 4.78 is 7.68. The van der Waals surface area contributed by atoms with Crippen molar-refractivity contribution >= 4 is 28.8 Å². The maximum Gasteiger partial charge on any atom is 0.230 e. The molecule has 0 bridgehead atoms. The van der Waals surface area contributed by atoms with Crippen LogP contribution in [0.2, 0.25) is 5.02 Å². The van der Waals surface area contributed by atoms with Gasteiger partial charge in [0.1, 0.15) is 11.4 Å². The van der Waals surface area contributed by atoms with E-state index in [0.29, 0.717) is 27.9 Å². The molecule has 2 heterocycles. The van der Waals surface area contributed by atoms with Gasteiger partial charge in [-0.3, -0.25) is 4.79 Å². The van der Waals surface area contributed by atoms with Crippen molar-refractivity contribution in [3.63, 3.8) is 0 Å². The smallest absolute Gasteiger partial charge is 0.230 e. The number of anilines is 1. The Morgan fingerprint density at radius 1 is 1.00 bits per heavy atom. The Kier molecular flexibility index (Phi) is 4.77. The van der Waals surface area contributed by atoms with Crippen molar-refractivity contribution in [2.24, 2.45) is 0 Å². The maximum atomic E-state index is 12.5. The molecule has 0 atom stereocenters. The van der Waals surface area contributed by atoms with Crippen LogP contribution in [-0.2, 0) is 11.2 Å². The van der Waals surface area contributed by atoms with E-state index in [0.717, 1.165) is 5.65 Å². The van der Waals surface area contributed by atoms with Crippen molar-refractivity contribution in [2.75, 3.05) is 5.32 Å². The van der Waals surface area contributed by atoms with Crippen molar-refractivity contribution < 1.29 is 9.53 Å². The fourth-order valence-corrected chi connectivity index (χ4v) is 2.90. The molecule has 4 aromatic rings. The zero-order chi connectivity index (χ0) is 18.6. The summed E-state index contributed by atoms with van der Waals surface area (Å²) in [6, 6.07) is 20.3. The average molecular weight is 378 g/mol. The molecule has 2 aromatic carbocycles. The SMILES string of the molecule is O=C(Cc1cn2cc(Cl)ccc2n1)Nc1ccccc1Oc1ccccc1. The monoisotopic (exact) mass is 377 g/mol. The summed E-state index contributed by atoms with van der Waals surface area (Å²) in [5, 5.41) is 3.51. The molecule has 1 N–H and O–H groups in total. The van der Waals surface area contributed by atoms with Gasteiger partial charge in [-0.25, -0.2) is 4.98 Å². The standard InChI is InChI=1S/C21H16ClN3O2/c22-15-10-11-20-23-16(14-25(20)13-15)12-21(26)24-18-8-4-5-9-19(18)27-17-6-2-1-3-7-17/h1-11,13-14H,12H2,(H,24,26). The van der Waals surface area contributed by atoms with Crippen LogP contribution in [0.25, 0.3) is 5.65 Å². The van der Waals surface area contributed by atoms with Crippen LogP contribution in [-0.4, -0.2) is 15.3 Å². The third-order valence-corrected chi connectivity index (χ3v) is 4.16. The highest BCUT2D eigenvalue weighted by Gasteiger charge is 2.11. The number of amides is 1. The van der Waals surface area contributed by atoms with Crippen molar-refractivity contribution in [3.05, 3.63) is 89.8 Å². The second-order valence-corrected chi connectivity index (χ2v) is 6.42. The van der Waals surface area contributed by atoms with Gasteiger partial charge >= 0.3 is 0 Å². The van der Waals surface area contributed by atoms with Crippen molar-refractivity contribution in [3.8, 4) is 11.5 Å². The van der Waals surface area contributed by atoms with Gasteiger partial charge in [-0.15, -0.1) is 0 Å². The minimum Gasteiger partial charge on any atom is -0.455 e. The van der Waals surface area contributed by atoms with Crippen LogP contribution in [0.5, 0.6) is 11.5 Å². The first-order chi connectivity index (χ1) is 13.2. The predicted molar refractivity (Wildman–Crippen MR) is 105 cm³/mol. The number of pyridine rings is 1. The Bertz CT molecular complexity index is 1090. The van der Waals surface area contributed by atoms with Crippen molar-refractivity contribution in [1.29, 1.82) is 0 Å². The molecule has 27 heavy (non-hydrogen) atoms. The number of hydrogen-bond donors (Lipinski definition) is 1. The summed E-state index contributed by atoms with van der Waals surface area (Å²) >= 11 is 5.98. The first kappa shape index (κ1) is 17.1. The molecule has 0 saturated carbocycles. The number of benzene rings is 2. The lowest BCUT2D eigenvalue weighted by Crippen LogP contribution is -2.15. The van der Waals surface area contributed by atoms with Gasteiger partial charge in [-0.05, 0) is 36.4 Å². The molecule has 134 valence electrons. The number of nitrogens with one attached hydrogen (secondary N) is 1. The van der Waals surface area contributed by atoms with Gasteiger partial charge < -0.3 is 14.5 Å². The fraction of sp³-hybridized carbons (Fsp3) is 0.0476. The normalized spacial score (nSPS) is 10.7. The minimum atomic E-state index is -0.173. The quantitative estimate of drug-likeness (QED) is 0.534. The van der Waals surface area contributed by atoms with Gasteiger partial charge in [0.2, 0.25) is 5.91 Å². The number of hydrogen-bond acceptors (Lipinski definition) is 3. The number of aromatic nitrogens is 2. The van der Waals surface area contributed by atoms with Gasteiger partial charge in [0.15, 0.2) is 5.75 Å². The maximum absolute atomic E-state index is 12.5. The Morgan fingerprint density at radius 2 is 1.78 bits per heavy atom. The molecule has 0 unspecified atom stereocenters. The lowest BCUT2D eigenvalue weighted by Gasteiger charge is -2.11. The van der Waals surface area contributed by atoms with Gasteiger partial charge in [0.25, 0.3) is 0 Å². The Morgan fingerprint density at radius 3 is 2.63 bits per heavy atom. The molecule has 5 nitrogen and oxygen atoms in total. The third-order valence-electron chi connectivity index (χ3n) is 3.94. The number of nitrogens with zero attached hydrogens (tertiary/aromatic N) is 2. The lowest BCUT2D eigenvalue weighted by molar-refractivity contribution is -0.115. The third kappa shape index (κ3) is 4.10. The lowest BCUT2D eigenvalue weighted by atomic mass is 10.2. The van der Waals surface area contributed by atoms with Crippen LogP contribution in [0.1, 0.15) is 5.69 Å². The highest BCUT2D eigenvalue weighted by atomic mass is 35.5. The number of halogens is 1. The highest BCUT2D eigenvalue weighted by molar-refractivity contribution is 6.30. The van der Waals surface area contributed by atoms with E-state index < -0.39 is 0 Å². The molecule has 0 saturated heterocycles. The molecule has 4 rings (SSSR count). The molecule has 0 spiro atoms. The van der Waals surface area contributed by atoms with E-state index >= 15 is 0 Å². The molecular weight excluding hydrogens is 362 g/mol. The molecular formula is C21H16ClN3O2. The zero-order valence-electron chi connectivity index (χ0n) is 14.3. The van der Waals surface area contributed by atoms with Gasteiger partial charge in [-0.1, -0.05) is 41.9 Å². The molecule has 0 aliphatic carbocycles. The van der Waals surface area contributed by atoms with E-state index in [9.17, 15) is 4.79 Å². The summed E-state index contributed by atoms with van der Waals surface area (Å²) in [6.45, 7) is 0. The average Bonchev–Trinajstić information content (AvgIpc) is 3.05. The summed E-state index contributed by atoms with van der Waals surface area (Å²) in [7, 11) is 0. The minimum absolute atomic E-state index is 0.152. The first-order valence-electron chi connectivity index (χ1n) is 8.42.